The summed E-state index contributed by atoms with van der Waals surface area (Å²) in [5, 5.41) is 1.08. The molecule has 0 saturated carbocycles. The van der Waals surface area contributed by atoms with Gasteiger partial charge in [-0.05, 0) is 30.7 Å². The van der Waals surface area contributed by atoms with Crippen molar-refractivity contribution in [2.45, 2.75) is 30.5 Å². The molecule has 0 saturated heterocycles. The first-order chi connectivity index (χ1) is 8.72. The maximum atomic E-state index is 12.8. The molecule has 96 valence electrons. The second-order valence-corrected chi connectivity index (χ2v) is 5.99. The number of aromatic nitrogens is 1. The third kappa shape index (κ3) is 3.31. The van der Waals surface area contributed by atoms with Gasteiger partial charge in [-0.1, -0.05) is 6.92 Å². The van der Waals surface area contributed by atoms with Crippen LogP contribution in [0.25, 0.3) is 0 Å². The SMILES string of the molecule is CCc1nc(CSc2ccc(F)cc2)sc1CN. The monoisotopic (exact) mass is 282 g/mol. The van der Waals surface area contributed by atoms with Crippen LogP contribution in [-0.2, 0) is 18.7 Å². The first-order valence-electron chi connectivity index (χ1n) is 5.78. The van der Waals surface area contributed by atoms with E-state index in [0.717, 1.165) is 27.8 Å². The number of thiazole rings is 1. The summed E-state index contributed by atoms with van der Waals surface area (Å²) in [6.07, 6.45) is 0.921. The molecule has 0 radical (unpaired) electrons. The summed E-state index contributed by atoms with van der Waals surface area (Å²) in [5.74, 6) is 0.607. The molecule has 0 amide bonds. The molecule has 0 bridgehead atoms. The molecule has 0 fully saturated rings. The first kappa shape index (κ1) is 13.5. The number of benzene rings is 1. The van der Waals surface area contributed by atoms with Gasteiger partial charge in [-0.25, -0.2) is 9.37 Å². The van der Waals surface area contributed by atoms with Crippen molar-refractivity contribution in [3.63, 3.8) is 0 Å². The predicted octanol–water partition coefficient (Wildman–Crippen LogP) is 3.60. The zero-order chi connectivity index (χ0) is 13.0. The van der Waals surface area contributed by atoms with Crippen LogP contribution in [0.3, 0.4) is 0 Å². The van der Waals surface area contributed by atoms with Gasteiger partial charge < -0.3 is 5.73 Å². The van der Waals surface area contributed by atoms with Crippen LogP contribution in [0.2, 0.25) is 0 Å². The lowest BCUT2D eigenvalue weighted by atomic mass is 10.3. The number of aryl methyl sites for hydroxylation is 1. The van der Waals surface area contributed by atoms with Crippen molar-refractivity contribution in [1.82, 2.24) is 4.98 Å². The van der Waals surface area contributed by atoms with Gasteiger partial charge in [0, 0.05) is 16.3 Å². The van der Waals surface area contributed by atoms with Crippen molar-refractivity contribution in [2.75, 3.05) is 0 Å². The summed E-state index contributed by atoms with van der Waals surface area (Å²) in [6.45, 7) is 2.65. The Morgan fingerprint density at radius 2 is 2.06 bits per heavy atom. The molecule has 2 N–H and O–H groups in total. The smallest absolute Gasteiger partial charge is 0.123 e. The molecule has 0 aliphatic carbocycles. The largest absolute Gasteiger partial charge is 0.326 e. The molecular weight excluding hydrogens is 267 g/mol. The van der Waals surface area contributed by atoms with Crippen LogP contribution in [0.5, 0.6) is 0 Å². The van der Waals surface area contributed by atoms with E-state index in [-0.39, 0.29) is 5.82 Å². The highest BCUT2D eigenvalue weighted by Gasteiger charge is 2.08. The number of hydrogen-bond donors (Lipinski definition) is 1. The van der Waals surface area contributed by atoms with Gasteiger partial charge in [0.1, 0.15) is 10.8 Å². The van der Waals surface area contributed by atoms with Gasteiger partial charge in [-0.3, -0.25) is 0 Å². The summed E-state index contributed by atoms with van der Waals surface area (Å²) < 4.78 is 12.8. The van der Waals surface area contributed by atoms with Crippen LogP contribution in [0.4, 0.5) is 4.39 Å². The van der Waals surface area contributed by atoms with Crippen molar-refractivity contribution < 1.29 is 4.39 Å². The van der Waals surface area contributed by atoms with E-state index in [4.69, 9.17) is 5.73 Å². The Hall–Kier alpha value is -0.910. The molecule has 2 nitrogen and oxygen atoms in total. The van der Waals surface area contributed by atoms with E-state index in [1.54, 1.807) is 35.2 Å². The zero-order valence-electron chi connectivity index (χ0n) is 10.1. The molecule has 2 aromatic rings. The predicted molar refractivity (Wildman–Crippen MR) is 75.3 cm³/mol. The number of halogens is 1. The van der Waals surface area contributed by atoms with Gasteiger partial charge in [0.05, 0.1) is 11.4 Å². The normalized spacial score (nSPS) is 10.8. The molecule has 1 aromatic carbocycles. The lowest BCUT2D eigenvalue weighted by Crippen LogP contribution is -1.96. The molecule has 0 atom stereocenters. The maximum absolute atomic E-state index is 12.8. The Kier molecular flexibility index (Phi) is 4.74. The minimum absolute atomic E-state index is 0.202. The van der Waals surface area contributed by atoms with Crippen LogP contribution >= 0.6 is 23.1 Å². The molecule has 0 aliphatic rings. The van der Waals surface area contributed by atoms with Crippen LogP contribution in [0.15, 0.2) is 29.2 Å². The van der Waals surface area contributed by atoms with Crippen molar-refractivity contribution in [3.05, 3.63) is 45.7 Å². The molecule has 2 rings (SSSR count). The molecule has 0 spiro atoms. The molecule has 0 aliphatic heterocycles. The molecule has 1 aromatic heterocycles. The maximum Gasteiger partial charge on any atom is 0.123 e. The van der Waals surface area contributed by atoms with Gasteiger partial charge in [0.2, 0.25) is 0 Å². The van der Waals surface area contributed by atoms with E-state index < -0.39 is 0 Å². The van der Waals surface area contributed by atoms with E-state index >= 15 is 0 Å². The van der Waals surface area contributed by atoms with Gasteiger partial charge in [0.15, 0.2) is 0 Å². The Balaban J connectivity index is 2.01. The summed E-state index contributed by atoms with van der Waals surface area (Å²) in [7, 11) is 0. The third-order valence-corrected chi connectivity index (χ3v) is 4.84. The van der Waals surface area contributed by atoms with Gasteiger partial charge in [-0.2, -0.15) is 0 Å². The van der Waals surface area contributed by atoms with E-state index in [9.17, 15) is 4.39 Å². The van der Waals surface area contributed by atoms with E-state index in [1.807, 2.05) is 0 Å². The van der Waals surface area contributed by atoms with Crippen molar-refractivity contribution in [2.24, 2.45) is 5.73 Å². The quantitative estimate of drug-likeness (QED) is 0.852. The number of rotatable bonds is 5. The van der Waals surface area contributed by atoms with Gasteiger partial charge in [0.25, 0.3) is 0 Å². The topological polar surface area (TPSA) is 38.9 Å². The average Bonchev–Trinajstić information content (AvgIpc) is 2.80. The number of nitrogens with zero attached hydrogens (tertiary/aromatic N) is 1. The highest BCUT2D eigenvalue weighted by atomic mass is 32.2. The van der Waals surface area contributed by atoms with E-state index in [0.29, 0.717) is 6.54 Å². The van der Waals surface area contributed by atoms with Crippen LogP contribution in [0.1, 0.15) is 22.5 Å². The summed E-state index contributed by atoms with van der Waals surface area (Å²) in [6, 6.07) is 6.54. The van der Waals surface area contributed by atoms with E-state index in [1.165, 1.54) is 17.0 Å². The Bertz CT molecular complexity index is 487. The van der Waals surface area contributed by atoms with Crippen molar-refractivity contribution >= 4 is 23.1 Å². The van der Waals surface area contributed by atoms with Crippen molar-refractivity contribution in [1.29, 1.82) is 0 Å². The summed E-state index contributed by atoms with van der Waals surface area (Å²) >= 11 is 3.34. The number of hydrogen-bond acceptors (Lipinski definition) is 4. The van der Waals surface area contributed by atoms with Crippen molar-refractivity contribution in [3.8, 4) is 0 Å². The Morgan fingerprint density at radius 3 is 2.61 bits per heavy atom. The minimum Gasteiger partial charge on any atom is -0.326 e. The first-order valence-corrected chi connectivity index (χ1v) is 7.59. The average molecular weight is 282 g/mol. The molecular formula is C13H15FN2S2. The van der Waals surface area contributed by atoms with Crippen LogP contribution in [0, 0.1) is 5.82 Å². The lowest BCUT2D eigenvalue weighted by molar-refractivity contribution is 0.626. The third-order valence-electron chi connectivity index (χ3n) is 2.52. The summed E-state index contributed by atoms with van der Waals surface area (Å²) in [4.78, 5) is 6.80. The number of nitrogens with two attached hydrogens (primary N) is 1. The van der Waals surface area contributed by atoms with Crippen LogP contribution in [-0.4, -0.2) is 4.98 Å². The fourth-order valence-electron chi connectivity index (χ4n) is 1.61. The Morgan fingerprint density at radius 1 is 1.33 bits per heavy atom. The van der Waals surface area contributed by atoms with Gasteiger partial charge in [-0.15, -0.1) is 23.1 Å². The molecule has 5 heteroatoms. The van der Waals surface area contributed by atoms with E-state index in [2.05, 4.69) is 11.9 Å². The highest BCUT2D eigenvalue weighted by Crippen LogP contribution is 2.27. The lowest BCUT2D eigenvalue weighted by Gasteiger charge is -1.98. The minimum atomic E-state index is -0.202. The molecule has 0 unspecified atom stereocenters. The second-order valence-electron chi connectivity index (χ2n) is 3.78. The zero-order valence-corrected chi connectivity index (χ0v) is 11.8. The second kappa shape index (κ2) is 6.31. The number of thioether (sulfide) groups is 1. The highest BCUT2D eigenvalue weighted by molar-refractivity contribution is 7.98. The fourth-order valence-corrected chi connectivity index (χ4v) is 3.54. The van der Waals surface area contributed by atoms with Gasteiger partial charge >= 0.3 is 0 Å². The molecule has 18 heavy (non-hydrogen) atoms. The standard InChI is InChI=1S/C13H15FN2S2/c1-2-11-12(7-15)18-13(16-11)8-17-10-5-3-9(14)4-6-10/h3-6H,2,7-8,15H2,1H3. The van der Waals surface area contributed by atoms with Crippen LogP contribution < -0.4 is 5.73 Å². The fraction of sp³-hybridized carbons (Fsp3) is 0.308. The summed E-state index contributed by atoms with van der Waals surface area (Å²) in [5.41, 5.74) is 6.79. The molecule has 1 heterocycles. The Labute approximate surface area is 114 Å².